The van der Waals surface area contributed by atoms with Crippen LogP contribution < -0.4 is 21.3 Å². The Kier molecular flexibility index (Phi) is 7.05. The molecule has 4 N–H and O–H groups in total. The molecule has 3 rings (SSSR count). The van der Waals surface area contributed by atoms with Crippen LogP contribution in [-0.4, -0.2) is 28.3 Å². The number of hydrogen-bond donors (Lipinski definition) is 3. The Bertz CT molecular complexity index is 1220. The fourth-order valence-electron chi connectivity index (χ4n) is 3.56. The minimum atomic E-state index is -1.20. The molecular weight excluding hydrogens is 434 g/mol. The minimum Gasteiger partial charge on any atom is -0.484 e. The van der Waals surface area contributed by atoms with Crippen LogP contribution in [0.2, 0.25) is 5.02 Å². The van der Waals surface area contributed by atoms with Gasteiger partial charge in [0.15, 0.2) is 6.61 Å². The van der Waals surface area contributed by atoms with E-state index in [2.05, 4.69) is 5.32 Å². The van der Waals surface area contributed by atoms with Crippen molar-refractivity contribution in [3.63, 3.8) is 0 Å². The van der Waals surface area contributed by atoms with Crippen molar-refractivity contribution in [2.45, 2.75) is 26.9 Å². The Hall–Kier alpha value is -3.52. The predicted molar refractivity (Wildman–Crippen MR) is 123 cm³/mol. The van der Waals surface area contributed by atoms with Crippen LogP contribution in [0.5, 0.6) is 5.75 Å². The molecule has 0 atom stereocenters. The molecule has 1 heterocycles. The number of benzene rings is 2. The second-order valence-corrected chi connectivity index (χ2v) is 8.20. The molecule has 0 fully saturated rings. The number of aromatic nitrogens is 1. The molecule has 9 heteroatoms. The number of nitrogens with zero attached hydrogens (tertiary/aromatic N) is 1. The summed E-state index contributed by atoms with van der Waals surface area (Å²) in [5.74, 6) is -0.114. The first kappa shape index (κ1) is 23.1. The van der Waals surface area contributed by atoms with Crippen molar-refractivity contribution in [2.24, 2.45) is 11.7 Å². The highest BCUT2D eigenvalue weighted by molar-refractivity contribution is 6.30. The fourth-order valence-corrected chi connectivity index (χ4v) is 3.69. The lowest BCUT2D eigenvalue weighted by Crippen LogP contribution is -2.31. The minimum absolute atomic E-state index is 0.0719. The van der Waals surface area contributed by atoms with Crippen LogP contribution in [0.3, 0.4) is 0 Å². The van der Waals surface area contributed by atoms with Crippen LogP contribution in [0.1, 0.15) is 19.5 Å². The smallest absolute Gasteiger partial charge is 0.404 e. The van der Waals surface area contributed by atoms with E-state index in [0.717, 1.165) is 5.56 Å². The highest BCUT2D eigenvalue weighted by Crippen LogP contribution is 2.34. The second-order valence-electron chi connectivity index (χ2n) is 7.76. The van der Waals surface area contributed by atoms with Gasteiger partial charge in [-0.3, -0.25) is 9.59 Å². The third kappa shape index (κ3) is 5.20. The normalized spacial score (nSPS) is 11.0. The van der Waals surface area contributed by atoms with E-state index in [4.69, 9.17) is 22.1 Å². The zero-order chi connectivity index (χ0) is 23.4. The lowest BCUT2D eigenvalue weighted by atomic mass is 9.96. The number of nitrogens with two attached hydrogens (primary N) is 1. The maximum atomic E-state index is 13.4. The van der Waals surface area contributed by atoms with Crippen LogP contribution in [0.25, 0.3) is 21.9 Å². The fraction of sp³-hybridized carbons (Fsp3) is 0.261. The van der Waals surface area contributed by atoms with E-state index in [9.17, 15) is 19.5 Å². The topological polar surface area (TPSA) is 124 Å². The molecule has 0 unspecified atom stereocenters. The Balaban J connectivity index is 2.36. The number of carbonyl (C=O) groups excluding carboxylic acids is 1. The number of halogens is 1. The standard InChI is InChI=1S/C23H24ClN3O5/c1-13(2)11-27-19(10-26-23(30)31)21(14-3-5-15(24)6-4-14)18-9-16(32-12-20(25)28)7-8-17(18)22(27)29/h3-9,13,26H,10-12H2,1-2H3,(H2,25,28)(H,30,31). The Morgan fingerprint density at radius 1 is 1.16 bits per heavy atom. The third-order valence-electron chi connectivity index (χ3n) is 4.82. The van der Waals surface area contributed by atoms with Gasteiger partial charge in [-0.25, -0.2) is 4.79 Å². The molecular formula is C23H24ClN3O5. The van der Waals surface area contributed by atoms with Crippen LogP contribution in [0.15, 0.2) is 47.3 Å². The van der Waals surface area contributed by atoms with Crippen LogP contribution in [0.4, 0.5) is 4.79 Å². The van der Waals surface area contributed by atoms with Crippen molar-refractivity contribution < 1.29 is 19.4 Å². The van der Waals surface area contributed by atoms with Gasteiger partial charge in [-0.05, 0) is 41.8 Å². The summed E-state index contributed by atoms with van der Waals surface area (Å²) in [7, 11) is 0. The number of carbonyl (C=O) groups is 2. The van der Waals surface area contributed by atoms with Gasteiger partial charge in [0.1, 0.15) is 5.75 Å². The van der Waals surface area contributed by atoms with Gasteiger partial charge < -0.3 is 25.5 Å². The van der Waals surface area contributed by atoms with Crippen molar-refractivity contribution >= 4 is 34.4 Å². The molecule has 0 saturated heterocycles. The first-order valence-electron chi connectivity index (χ1n) is 10.0. The summed E-state index contributed by atoms with van der Waals surface area (Å²) in [5.41, 5.74) is 6.89. The molecule has 0 aliphatic carbocycles. The van der Waals surface area contributed by atoms with E-state index < -0.39 is 12.0 Å². The van der Waals surface area contributed by atoms with E-state index in [0.29, 0.717) is 39.3 Å². The van der Waals surface area contributed by atoms with E-state index in [-0.39, 0.29) is 24.6 Å². The van der Waals surface area contributed by atoms with Crippen molar-refractivity contribution in [3.8, 4) is 16.9 Å². The van der Waals surface area contributed by atoms with E-state index in [1.165, 1.54) is 0 Å². The summed E-state index contributed by atoms with van der Waals surface area (Å²) in [4.78, 5) is 35.8. The lowest BCUT2D eigenvalue weighted by molar-refractivity contribution is -0.119. The van der Waals surface area contributed by atoms with Gasteiger partial charge in [0.05, 0.1) is 6.54 Å². The molecule has 32 heavy (non-hydrogen) atoms. The first-order chi connectivity index (χ1) is 15.2. The molecule has 3 aromatic rings. The Morgan fingerprint density at radius 3 is 2.44 bits per heavy atom. The predicted octanol–water partition coefficient (Wildman–Crippen LogP) is 3.61. The quantitative estimate of drug-likeness (QED) is 0.476. The molecule has 0 radical (unpaired) electrons. The van der Waals surface area contributed by atoms with Crippen LogP contribution >= 0.6 is 11.6 Å². The van der Waals surface area contributed by atoms with Gasteiger partial charge in [-0.1, -0.05) is 37.6 Å². The highest BCUT2D eigenvalue weighted by atomic mass is 35.5. The van der Waals surface area contributed by atoms with Crippen molar-refractivity contribution in [2.75, 3.05) is 6.61 Å². The average molecular weight is 458 g/mol. The number of ether oxygens (including phenoxy) is 1. The van der Waals surface area contributed by atoms with E-state index in [1.54, 1.807) is 34.9 Å². The number of carboxylic acid groups (broad SMARTS) is 1. The Labute approximate surface area is 189 Å². The summed E-state index contributed by atoms with van der Waals surface area (Å²) >= 11 is 6.07. The summed E-state index contributed by atoms with van der Waals surface area (Å²) in [6.07, 6.45) is -1.20. The summed E-state index contributed by atoms with van der Waals surface area (Å²) in [6, 6.07) is 12.0. The first-order valence-corrected chi connectivity index (χ1v) is 10.4. The molecule has 168 valence electrons. The molecule has 0 aliphatic heterocycles. The number of rotatable bonds is 8. The number of nitrogens with one attached hydrogen (secondary N) is 1. The van der Waals surface area contributed by atoms with Crippen LogP contribution in [0, 0.1) is 5.92 Å². The van der Waals surface area contributed by atoms with E-state index in [1.807, 2.05) is 26.0 Å². The van der Waals surface area contributed by atoms with Gasteiger partial charge >= 0.3 is 6.09 Å². The van der Waals surface area contributed by atoms with Gasteiger partial charge in [0.25, 0.3) is 11.5 Å². The number of primary amides is 1. The average Bonchev–Trinajstić information content (AvgIpc) is 2.73. The molecule has 1 aromatic heterocycles. The van der Waals surface area contributed by atoms with Gasteiger partial charge in [-0.2, -0.15) is 0 Å². The molecule has 0 spiro atoms. The SMILES string of the molecule is CC(C)Cn1c(CNC(=O)O)c(-c2ccc(Cl)cc2)c2cc(OCC(N)=O)ccc2c1=O. The summed E-state index contributed by atoms with van der Waals surface area (Å²) < 4.78 is 7.05. The van der Waals surface area contributed by atoms with Gasteiger partial charge in [-0.15, -0.1) is 0 Å². The number of pyridine rings is 1. The van der Waals surface area contributed by atoms with Crippen molar-refractivity contribution in [3.05, 3.63) is 63.5 Å². The molecule has 0 aliphatic rings. The molecule has 8 nitrogen and oxygen atoms in total. The van der Waals surface area contributed by atoms with Crippen LogP contribution in [-0.2, 0) is 17.9 Å². The maximum absolute atomic E-state index is 13.4. The summed E-state index contributed by atoms with van der Waals surface area (Å²) in [6.45, 7) is 3.99. The molecule has 0 bridgehead atoms. The number of hydrogen-bond acceptors (Lipinski definition) is 4. The van der Waals surface area contributed by atoms with Gasteiger partial charge in [0.2, 0.25) is 0 Å². The zero-order valence-corrected chi connectivity index (χ0v) is 18.5. The summed E-state index contributed by atoms with van der Waals surface area (Å²) in [5, 5.41) is 13.2. The second kappa shape index (κ2) is 9.74. The van der Waals surface area contributed by atoms with Gasteiger partial charge in [0, 0.05) is 33.6 Å². The zero-order valence-electron chi connectivity index (χ0n) is 17.7. The monoisotopic (exact) mass is 457 g/mol. The maximum Gasteiger partial charge on any atom is 0.404 e. The molecule has 2 aromatic carbocycles. The lowest BCUT2D eigenvalue weighted by Gasteiger charge is -2.22. The van der Waals surface area contributed by atoms with Crippen molar-refractivity contribution in [1.82, 2.24) is 9.88 Å². The molecule has 0 saturated carbocycles. The third-order valence-corrected chi connectivity index (χ3v) is 5.07. The molecule has 2 amide bonds. The van der Waals surface area contributed by atoms with Crippen molar-refractivity contribution in [1.29, 1.82) is 0 Å². The van der Waals surface area contributed by atoms with E-state index >= 15 is 0 Å². The highest BCUT2D eigenvalue weighted by Gasteiger charge is 2.20. The number of fused-ring (bicyclic) bond motifs is 1. The largest absolute Gasteiger partial charge is 0.484 e. The Morgan fingerprint density at radius 2 is 1.84 bits per heavy atom. The number of amides is 2.